The molecular formula is C29H33BrClN3O4S. The average molecular weight is 635 g/mol. The van der Waals surface area contributed by atoms with Crippen LogP contribution < -0.4 is 9.62 Å². The van der Waals surface area contributed by atoms with Crippen LogP contribution in [-0.4, -0.2) is 50.0 Å². The van der Waals surface area contributed by atoms with Crippen molar-refractivity contribution in [3.05, 3.63) is 99.0 Å². The van der Waals surface area contributed by atoms with Crippen molar-refractivity contribution in [3.63, 3.8) is 0 Å². The van der Waals surface area contributed by atoms with E-state index in [9.17, 15) is 18.0 Å². The van der Waals surface area contributed by atoms with Crippen LogP contribution in [0.1, 0.15) is 30.5 Å². The number of nitrogens with one attached hydrogen (secondary N) is 1. The van der Waals surface area contributed by atoms with Crippen LogP contribution >= 0.6 is 27.5 Å². The van der Waals surface area contributed by atoms with E-state index in [0.29, 0.717) is 10.7 Å². The van der Waals surface area contributed by atoms with E-state index in [1.807, 2.05) is 57.2 Å². The number of anilines is 1. The normalized spacial score (nSPS) is 12.2. The van der Waals surface area contributed by atoms with E-state index in [-0.39, 0.29) is 24.9 Å². The van der Waals surface area contributed by atoms with Crippen molar-refractivity contribution in [2.75, 3.05) is 17.1 Å². The third-order valence-corrected chi connectivity index (χ3v) is 8.32. The smallest absolute Gasteiger partial charge is 0.244 e. The summed E-state index contributed by atoms with van der Waals surface area (Å²) in [6.45, 7) is 5.14. The van der Waals surface area contributed by atoms with E-state index in [0.717, 1.165) is 31.7 Å². The molecule has 39 heavy (non-hydrogen) atoms. The Labute approximate surface area is 244 Å². The van der Waals surface area contributed by atoms with Gasteiger partial charge in [-0.1, -0.05) is 70.0 Å². The number of hydrogen-bond acceptors (Lipinski definition) is 4. The summed E-state index contributed by atoms with van der Waals surface area (Å²) >= 11 is 9.66. The Hall–Kier alpha value is -2.88. The maximum Gasteiger partial charge on any atom is 0.244 e. The Morgan fingerprint density at radius 1 is 0.974 bits per heavy atom. The van der Waals surface area contributed by atoms with E-state index < -0.39 is 28.5 Å². The number of sulfonamides is 1. The van der Waals surface area contributed by atoms with E-state index in [1.54, 1.807) is 36.4 Å². The van der Waals surface area contributed by atoms with Gasteiger partial charge in [-0.2, -0.15) is 0 Å². The van der Waals surface area contributed by atoms with Crippen molar-refractivity contribution in [1.82, 2.24) is 10.2 Å². The molecule has 0 radical (unpaired) electrons. The first-order valence-electron chi connectivity index (χ1n) is 12.5. The molecule has 0 spiro atoms. The molecule has 0 unspecified atom stereocenters. The zero-order chi connectivity index (χ0) is 28.7. The van der Waals surface area contributed by atoms with Crippen molar-refractivity contribution in [3.8, 4) is 0 Å². The van der Waals surface area contributed by atoms with Gasteiger partial charge < -0.3 is 10.2 Å². The molecule has 3 aromatic carbocycles. The summed E-state index contributed by atoms with van der Waals surface area (Å²) in [6.07, 6.45) is 1.31. The first-order valence-corrected chi connectivity index (χ1v) is 15.5. The molecule has 0 fully saturated rings. The van der Waals surface area contributed by atoms with Gasteiger partial charge >= 0.3 is 0 Å². The predicted molar refractivity (Wildman–Crippen MR) is 160 cm³/mol. The van der Waals surface area contributed by atoms with Crippen LogP contribution in [0.4, 0.5) is 5.69 Å². The van der Waals surface area contributed by atoms with Crippen LogP contribution in [0.3, 0.4) is 0 Å². The average Bonchev–Trinajstić information content (AvgIpc) is 2.86. The zero-order valence-corrected chi connectivity index (χ0v) is 25.6. The lowest BCUT2D eigenvalue weighted by atomic mass is 10.0. The molecule has 0 aromatic heterocycles. The minimum atomic E-state index is -3.83. The summed E-state index contributed by atoms with van der Waals surface area (Å²) in [4.78, 5) is 29.0. The van der Waals surface area contributed by atoms with Gasteiger partial charge in [-0.15, -0.1) is 0 Å². The molecule has 3 rings (SSSR count). The van der Waals surface area contributed by atoms with Gasteiger partial charge in [0.15, 0.2) is 0 Å². The molecule has 3 aromatic rings. The van der Waals surface area contributed by atoms with Crippen molar-refractivity contribution in [2.24, 2.45) is 0 Å². The Balaban J connectivity index is 2.07. The van der Waals surface area contributed by atoms with Crippen molar-refractivity contribution < 1.29 is 18.0 Å². The maximum atomic E-state index is 14.0. The highest BCUT2D eigenvalue weighted by atomic mass is 79.9. The number of aryl methyl sites for hydroxylation is 1. The number of rotatable bonds is 11. The summed E-state index contributed by atoms with van der Waals surface area (Å²) in [5.41, 5.74) is 2.77. The fourth-order valence-corrected chi connectivity index (χ4v) is 5.47. The molecule has 0 aliphatic rings. The summed E-state index contributed by atoms with van der Waals surface area (Å²) < 4.78 is 27.6. The lowest BCUT2D eigenvalue weighted by molar-refractivity contribution is -0.140. The van der Waals surface area contributed by atoms with Crippen LogP contribution in [0.15, 0.2) is 77.3 Å². The summed E-state index contributed by atoms with van der Waals surface area (Å²) in [5, 5.41) is 3.42. The first-order chi connectivity index (χ1) is 18.3. The number of hydrogen-bond donors (Lipinski definition) is 1. The second-order valence-corrected chi connectivity index (χ2v) is 12.9. The van der Waals surface area contributed by atoms with Gasteiger partial charge in [-0.25, -0.2) is 8.42 Å². The Kier molecular flexibility index (Phi) is 10.6. The van der Waals surface area contributed by atoms with E-state index >= 15 is 0 Å². The molecule has 0 saturated carbocycles. The monoisotopic (exact) mass is 633 g/mol. The largest absolute Gasteiger partial charge is 0.352 e. The highest BCUT2D eigenvalue weighted by molar-refractivity contribution is 9.10. The summed E-state index contributed by atoms with van der Waals surface area (Å²) in [6, 6.07) is 20.5. The van der Waals surface area contributed by atoms with Gasteiger partial charge in [0.1, 0.15) is 12.6 Å². The first kappa shape index (κ1) is 30.7. The van der Waals surface area contributed by atoms with Crippen LogP contribution in [0.5, 0.6) is 0 Å². The van der Waals surface area contributed by atoms with Gasteiger partial charge in [0, 0.05) is 28.5 Å². The number of carbonyl (C=O) groups excluding carboxylic acids is 2. The number of carbonyl (C=O) groups is 2. The molecular weight excluding hydrogens is 602 g/mol. The SMILES string of the molecule is Cc1cc(N(CC(=O)N(Cc2cccc(Cl)c2)[C@H](Cc2ccccc2)C(=O)NC(C)C)S(C)(=O)=O)ccc1Br. The standard InChI is InChI=1S/C29H33BrClN3O4S/c1-20(2)32-29(36)27(17-22-9-6-5-7-10-22)33(18-23-11-8-12-24(31)16-23)28(35)19-34(39(4,37)38)25-13-14-26(30)21(3)15-25/h5-16,20,27H,17-19H2,1-4H3,(H,32,36)/t27-/m1/s1. The number of halogens is 2. The van der Waals surface area contributed by atoms with Crippen LogP contribution in [0.2, 0.25) is 5.02 Å². The molecule has 1 atom stereocenters. The van der Waals surface area contributed by atoms with Gasteiger partial charge in [-0.05, 0) is 67.8 Å². The predicted octanol–water partition coefficient (Wildman–Crippen LogP) is 5.34. The minimum absolute atomic E-state index is 0.0688. The quantitative estimate of drug-likeness (QED) is 0.309. The Bertz CT molecular complexity index is 1420. The number of benzene rings is 3. The molecule has 208 valence electrons. The van der Waals surface area contributed by atoms with Crippen molar-refractivity contribution in [1.29, 1.82) is 0 Å². The number of nitrogens with zero attached hydrogens (tertiary/aromatic N) is 2. The Morgan fingerprint density at radius 2 is 1.64 bits per heavy atom. The van der Waals surface area contributed by atoms with Crippen molar-refractivity contribution in [2.45, 2.75) is 45.8 Å². The van der Waals surface area contributed by atoms with Gasteiger partial charge in [0.25, 0.3) is 0 Å². The highest BCUT2D eigenvalue weighted by Gasteiger charge is 2.33. The second kappa shape index (κ2) is 13.5. The van der Waals surface area contributed by atoms with Crippen molar-refractivity contribution >= 4 is 55.1 Å². The lowest BCUT2D eigenvalue weighted by Crippen LogP contribution is -2.54. The van der Waals surface area contributed by atoms with E-state index in [1.165, 1.54) is 4.90 Å². The fraction of sp³-hybridized carbons (Fsp3) is 0.310. The van der Waals surface area contributed by atoms with Gasteiger partial charge in [-0.3, -0.25) is 13.9 Å². The van der Waals surface area contributed by atoms with Crippen LogP contribution in [-0.2, 0) is 32.6 Å². The molecule has 7 nitrogen and oxygen atoms in total. The van der Waals surface area contributed by atoms with Crippen LogP contribution in [0.25, 0.3) is 0 Å². The minimum Gasteiger partial charge on any atom is -0.352 e. The zero-order valence-electron chi connectivity index (χ0n) is 22.4. The summed E-state index contributed by atoms with van der Waals surface area (Å²) in [5.74, 6) is -0.838. The molecule has 10 heteroatoms. The molecule has 0 heterocycles. The van der Waals surface area contributed by atoms with E-state index in [2.05, 4.69) is 21.2 Å². The molecule has 0 saturated heterocycles. The Morgan fingerprint density at radius 3 is 2.23 bits per heavy atom. The van der Waals surface area contributed by atoms with Crippen LogP contribution in [0, 0.1) is 6.92 Å². The third kappa shape index (κ3) is 8.81. The molecule has 0 bridgehead atoms. The lowest BCUT2D eigenvalue weighted by Gasteiger charge is -2.34. The topological polar surface area (TPSA) is 86.8 Å². The molecule has 2 amide bonds. The molecule has 1 N–H and O–H groups in total. The third-order valence-electron chi connectivity index (χ3n) is 6.05. The number of amides is 2. The highest BCUT2D eigenvalue weighted by Crippen LogP contribution is 2.25. The molecule has 0 aliphatic carbocycles. The molecule has 0 aliphatic heterocycles. The second-order valence-electron chi connectivity index (χ2n) is 9.72. The fourth-order valence-electron chi connectivity index (χ4n) is 4.16. The van der Waals surface area contributed by atoms with Gasteiger partial charge in [0.2, 0.25) is 21.8 Å². The summed E-state index contributed by atoms with van der Waals surface area (Å²) in [7, 11) is -3.83. The van der Waals surface area contributed by atoms with E-state index in [4.69, 9.17) is 11.6 Å². The maximum absolute atomic E-state index is 14.0. The van der Waals surface area contributed by atoms with Gasteiger partial charge in [0.05, 0.1) is 11.9 Å².